The molecular formula is C13H14N2O4S. The van der Waals surface area contributed by atoms with E-state index in [1.807, 2.05) is 13.8 Å². The molecule has 0 atom stereocenters. The number of aromatic carboxylic acids is 1. The van der Waals surface area contributed by atoms with Crippen molar-refractivity contribution in [1.82, 2.24) is 10.2 Å². The zero-order chi connectivity index (χ0) is 15.1. The van der Waals surface area contributed by atoms with Crippen molar-refractivity contribution in [2.24, 2.45) is 0 Å². The quantitative estimate of drug-likeness (QED) is 0.899. The van der Waals surface area contributed by atoms with Gasteiger partial charge in [-0.2, -0.15) is 5.10 Å². The summed E-state index contributed by atoms with van der Waals surface area (Å²) in [6.45, 7) is 3.68. The minimum absolute atomic E-state index is 0.0855. The lowest BCUT2D eigenvalue weighted by Crippen LogP contribution is -2.02. The van der Waals surface area contributed by atoms with Crippen LogP contribution in [0.4, 0.5) is 0 Å². The van der Waals surface area contributed by atoms with Crippen LogP contribution in [0.5, 0.6) is 0 Å². The maximum atomic E-state index is 11.9. The van der Waals surface area contributed by atoms with Gasteiger partial charge in [-0.25, -0.2) is 13.2 Å². The molecule has 0 spiro atoms. The summed E-state index contributed by atoms with van der Waals surface area (Å²) in [6.07, 6.45) is 1.12. The van der Waals surface area contributed by atoms with Gasteiger partial charge in [0.05, 0.1) is 10.6 Å². The summed E-state index contributed by atoms with van der Waals surface area (Å²) in [5.74, 6) is -1.14. The van der Waals surface area contributed by atoms with E-state index < -0.39 is 15.8 Å². The van der Waals surface area contributed by atoms with Crippen LogP contribution in [-0.4, -0.2) is 35.9 Å². The monoisotopic (exact) mass is 294 g/mol. The van der Waals surface area contributed by atoms with Gasteiger partial charge in [-0.05, 0) is 43.2 Å². The van der Waals surface area contributed by atoms with Crippen molar-refractivity contribution in [3.63, 3.8) is 0 Å². The molecule has 0 fully saturated rings. The number of H-pyrrole nitrogens is 1. The van der Waals surface area contributed by atoms with E-state index in [-0.39, 0.29) is 10.6 Å². The number of rotatable bonds is 3. The van der Waals surface area contributed by atoms with Crippen molar-refractivity contribution in [2.75, 3.05) is 6.26 Å². The Morgan fingerprint density at radius 2 is 1.80 bits per heavy atom. The van der Waals surface area contributed by atoms with Crippen molar-refractivity contribution in [3.8, 4) is 11.3 Å². The van der Waals surface area contributed by atoms with Crippen LogP contribution in [0.15, 0.2) is 23.1 Å². The Hall–Kier alpha value is -2.15. The first-order valence-electron chi connectivity index (χ1n) is 5.80. The minimum atomic E-state index is -3.43. The summed E-state index contributed by atoms with van der Waals surface area (Å²) in [7, 11) is -3.43. The third-order valence-corrected chi connectivity index (χ3v) is 4.22. The lowest BCUT2D eigenvalue weighted by atomic mass is 10.0. The number of carboxylic acid groups (broad SMARTS) is 1. The molecule has 0 saturated heterocycles. The molecule has 0 radical (unpaired) electrons. The number of nitrogens with zero attached hydrogens (tertiary/aromatic N) is 1. The fraction of sp³-hybridized carbons (Fsp3) is 0.231. The number of carboxylic acids is 1. The topological polar surface area (TPSA) is 100 Å². The molecule has 6 nitrogen and oxygen atoms in total. The van der Waals surface area contributed by atoms with Crippen LogP contribution in [0.1, 0.15) is 21.6 Å². The van der Waals surface area contributed by atoms with Crippen LogP contribution in [0, 0.1) is 13.8 Å². The first-order chi connectivity index (χ1) is 9.20. The molecule has 7 heteroatoms. The van der Waals surface area contributed by atoms with Crippen LogP contribution in [0.25, 0.3) is 11.3 Å². The predicted molar refractivity (Wildman–Crippen MR) is 73.6 cm³/mol. The highest BCUT2D eigenvalue weighted by molar-refractivity contribution is 7.90. The van der Waals surface area contributed by atoms with Crippen LogP contribution >= 0.6 is 0 Å². The Morgan fingerprint density at radius 3 is 2.30 bits per heavy atom. The lowest BCUT2D eigenvalue weighted by Gasteiger charge is -2.09. The zero-order valence-electron chi connectivity index (χ0n) is 11.3. The van der Waals surface area contributed by atoms with Crippen LogP contribution in [0.2, 0.25) is 0 Å². The lowest BCUT2D eigenvalue weighted by molar-refractivity contribution is 0.0690. The molecule has 0 aliphatic rings. The molecular weight excluding hydrogens is 280 g/mol. The van der Waals surface area contributed by atoms with E-state index in [0.29, 0.717) is 11.3 Å². The summed E-state index contributed by atoms with van der Waals surface area (Å²) in [6, 6.07) is 4.60. The fourth-order valence-electron chi connectivity index (χ4n) is 1.87. The highest BCUT2D eigenvalue weighted by atomic mass is 32.2. The van der Waals surface area contributed by atoms with Gasteiger partial charge >= 0.3 is 5.97 Å². The average molecular weight is 294 g/mol. The molecule has 0 unspecified atom stereocenters. The van der Waals surface area contributed by atoms with E-state index in [1.54, 1.807) is 12.1 Å². The summed E-state index contributed by atoms with van der Waals surface area (Å²) in [5.41, 5.74) is 2.37. The standard InChI is InChI=1S/C13H14N2O4S/c1-7-4-9(10-6-11(13(16)17)15-14-10)12(5-8(7)2)20(3,18)19/h4-6H,1-3H3,(H,14,15)(H,16,17). The smallest absolute Gasteiger partial charge is 0.353 e. The Morgan fingerprint density at radius 1 is 1.20 bits per heavy atom. The maximum Gasteiger partial charge on any atom is 0.353 e. The number of sulfone groups is 1. The molecule has 0 bridgehead atoms. The van der Waals surface area contributed by atoms with Gasteiger partial charge in [0.2, 0.25) is 0 Å². The number of nitrogens with one attached hydrogen (secondary N) is 1. The van der Waals surface area contributed by atoms with E-state index in [4.69, 9.17) is 5.11 Å². The highest BCUT2D eigenvalue weighted by Gasteiger charge is 2.19. The van der Waals surface area contributed by atoms with Gasteiger partial charge in [-0.15, -0.1) is 0 Å². The molecule has 0 amide bonds. The molecule has 1 aromatic heterocycles. The molecule has 20 heavy (non-hydrogen) atoms. The van der Waals surface area contributed by atoms with Crippen molar-refractivity contribution < 1.29 is 18.3 Å². The van der Waals surface area contributed by atoms with Crippen LogP contribution < -0.4 is 0 Å². The molecule has 106 valence electrons. The van der Waals surface area contributed by atoms with Crippen molar-refractivity contribution in [2.45, 2.75) is 18.7 Å². The number of hydrogen-bond donors (Lipinski definition) is 2. The van der Waals surface area contributed by atoms with Gasteiger partial charge in [-0.3, -0.25) is 5.10 Å². The number of benzene rings is 1. The molecule has 1 aromatic carbocycles. The van der Waals surface area contributed by atoms with E-state index in [0.717, 1.165) is 17.4 Å². The second-order valence-corrected chi connectivity index (χ2v) is 6.66. The molecule has 2 aromatic rings. The Labute approximate surface area is 116 Å². The molecule has 1 heterocycles. The largest absolute Gasteiger partial charge is 0.477 e. The summed E-state index contributed by atoms with van der Waals surface area (Å²) in [5, 5.41) is 15.1. The van der Waals surface area contributed by atoms with Crippen LogP contribution in [-0.2, 0) is 9.84 Å². The average Bonchev–Trinajstić information content (AvgIpc) is 2.80. The maximum absolute atomic E-state index is 11.9. The Balaban J connectivity index is 2.72. The fourth-order valence-corrected chi connectivity index (χ4v) is 2.82. The first kappa shape index (κ1) is 14.3. The van der Waals surface area contributed by atoms with E-state index >= 15 is 0 Å². The van der Waals surface area contributed by atoms with Crippen molar-refractivity contribution in [3.05, 3.63) is 35.0 Å². The summed E-state index contributed by atoms with van der Waals surface area (Å²) >= 11 is 0. The van der Waals surface area contributed by atoms with Crippen LogP contribution in [0.3, 0.4) is 0 Å². The Bertz CT molecular complexity index is 791. The van der Waals surface area contributed by atoms with E-state index in [2.05, 4.69) is 10.2 Å². The normalized spacial score (nSPS) is 11.6. The van der Waals surface area contributed by atoms with Crippen molar-refractivity contribution >= 4 is 15.8 Å². The van der Waals surface area contributed by atoms with E-state index in [9.17, 15) is 13.2 Å². The van der Waals surface area contributed by atoms with Gasteiger partial charge in [0.25, 0.3) is 0 Å². The second-order valence-electron chi connectivity index (χ2n) is 4.68. The van der Waals surface area contributed by atoms with Crippen molar-refractivity contribution in [1.29, 1.82) is 0 Å². The molecule has 2 N–H and O–H groups in total. The predicted octanol–water partition coefficient (Wildman–Crippen LogP) is 1.80. The molecule has 0 aliphatic heterocycles. The van der Waals surface area contributed by atoms with Gasteiger partial charge in [0.1, 0.15) is 5.69 Å². The van der Waals surface area contributed by atoms with Gasteiger partial charge in [-0.1, -0.05) is 0 Å². The number of carbonyl (C=O) groups is 1. The summed E-state index contributed by atoms with van der Waals surface area (Å²) < 4.78 is 23.8. The first-order valence-corrected chi connectivity index (χ1v) is 7.69. The second kappa shape index (κ2) is 4.75. The number of aryl methyl sites for hydroxylation is 2. The third-order valence-electron chi connectivity index (χ3n) is 3.08. The third kappa shape index (κ3) is 2.57. The minimum Gasteiger partial charge on any atom is -0.477 e. The van der Waals surface area contributed by atoms with Gasteiger partial charge < -0.3 is 5.11 Å². The number of hydrogen-bond acceptors (Lipinski definition) is 4. The zero-order valence-corrected chi connectivity index (χ0v) is 12.1. The number of aromatic nitrogens is 2. The highest BCUT2D eigenvalue weighted by Crippen LogP contribution is 2.29. The SMILES string of the molecule is Cc1cc(-c2cc(C(=O)O)[nH]n2)c(S(C)(=O)=O)cc1C. The molecule has 2 rings (SSSR count). The van der Waals surface area contributed by atoms with Gasteiger partial charge in [0, 0.05) is 11.8 Å². The number of aromatic amines is 1. The molecule has 0 aliphatic carbocycles. The van der Waals surface area contributed by atoms with E-state index in [1.165, 1.54) is 6.07 Å². The summed E-state index contributed by atoms with van der Waals surface area (Å²) in [4.78, 5) is 11.0. The Kier molecular flexibility index (Phi) is 3.39. The van der Waals surface area contributed by atoms with Gasteiger partial charge in [0.15, 0.2) is 9.84 Å². The molecule has 0 saturated carbocycles.